The number of aliphatic hydroxyl groups excluding tert-OH is 2. The Kier molecular flexibility index (Phi) is 4.97. The first-order valence-electron chi connectivity index (χ1n) is 6.35. The number of aliphatic hydroxyl groups is 2. The van der Waals surface area contributed by atoms with Gasteiger partial charge in [-0.05, 0) is 19.1 Å². The zero-order valence-corrected chi connectivity index (χ0v) is 12.5. The standard InChI is InChI=1S/C13H18O7S/c1-8-3-5-9(6-4-8)21(16,17)19-7-10-11(14)12(15)13(18-2)20-10/h3-6,10-15H,7H2,1-2H3/t10-,11+,12-,13+/m1/s1. The molecule has 1 aliphatic rings. The molecule has 2 N–H and O–H groups in total. The largest absolute Gasteiger partial charge is 0.387 e. The zero-order chi connectivity index (χ0) is 15.6. The molecule has 1 fully saturated rings. The Balaban J connectivity index is 2.01. The summed E-state index contributed by atoms with van der Waals surface area (Å²) < 4.78 is 38.8. The van der Waals surface area contributed by atoms with Gasteiger partial charge in [0.2, 0.25) is 0 Å². The lowest BCUT2D eigenvalue weighted by Gasteiger charge is -2.14. The fourth-order valence-electron chi connectivity index (χ4n) is 1.98. The molecule has 0 aliphatic carbocycles. The van der Waals surface area contributed by atoms with Gasteiger partial charge in [-0.3, -0.25) is 4.18 Å². The molecule has 2 rings (SSSR count). The Morgan fingerprint density at radius 1 is 1.19 bits per heavy atom. The molecule has 0 unspecified atom stereocenters. The normalized spacial score (nSPS) is 29.7. The SMILES string of the molecule is CO[C@H]1O[C@H](COS(=O)(=O)c2ccc(C)cc2)[C@H](O)[C@H]1O. The van der Waals surface area contributed by atoms with E-state index in [2.05, 4.69) is 0 Å². The van der Waals surface area contributed by atoms with E-state index in [-0.39, 0.29) is 4.90 Å². The Hall–Kier alpha value is -1.03. The van der Waals surface area contributed by atoms with Crippen molar-refractivity contribution in [1.29, 1.82) is 0 Å². The van der Waals surface area contributed by atoms with Gasteiger partial charge in [-0.25, -0.2) is 0 Å². The lowest BCUT2D eigenvalue weighted by atomic mass is 10.1. The van der Waals surface area contributed by atoms with Gasteiger partial charge in [0.1, 0.15) is 18.3 Å². The highest BCUT2D eigenvalue weighted by atomic mass is 32.2. The van der Waals surface area contributed by atoms with Crippen molar-refractivity contribution in [3.05, 3.63) is 29.8 Å². The lowest BCUT2D eigenvalue weighted by Crippen LogP contribution is -2.35. The molecule has 0 saturated carbocycles. The van der Waals surface area contributed by atoms with Crippen LogP contribution in [0.1, 0.15) is 5.56 Å². The average Bonchev–Trinajstić information content (AvgIpc) is 2.73. The highest BCUT2D eigenvalue weighted by Gasteiger charge is 2.43. The van der Waals surface area contributed by atoms with E-state index in [1.807, 2.05) is 6.92 Å². The number of hydrogen-bond donors (Lipinski definition) is 2. The van der Waals surface area contributed by atoms with E-state index in [1.165, 1.54) is 19.2 Å². The first-order valence-corrected chi connectivity index (χ1v) is 7.76. The van der Waals surface area contributed by atoms with Crippen LogP contribution in [0.5, 0.6) is 0 Å². The second-order valence-corrected chi connectivity index (χ2v) is 6.43. The van der Waals surface area contributed by atoms with Gasteiger partial charge < -0.3 is 19.7 Å². The first kappa shape index (κ1) is 16.3. The van der Waals surface area contributed by atoms with Crippen LogP contribution >= 0.6 is 0 Å². The smallest absolute Gasteiger partial charge is 0.297 e. The number of hydrogen-bond acceptors (Lipinski definition) is 7. The molecule has 1 heterocycles. The molecule has 4 atom stereocenters. The summed E-state index contributed by atoms with van der Waals surface area (Å²) in [5, 5.41) is 19.3. The predicted molar refractivity (Wildman–Crippen MR) is 72.0 cm³/mol. The van der Waals surface area contributed by atoms with Crippen LogP contribution in [-0.2, 0) is 23.8 Å². The van der Waals surface area contributed by atoms with Crippen molar-refractivity contribution in [3.8, 4) is 0 Å². The van der Waals surface area contributed by atoms with Crippen molar-refractivity contribution in [1.82, 2.24) is 0 Å². The van der Waals surface area contributed by atoms with E-state index in [4.69, 9.17) is 13.7 Å². The molecule has 0 amide bonds. The van der Waals surface area contributed by atoms with Gasteiger partial charge in [-0.1, -0.05) is 17.7 Å². The fourth-order valence-corrected chi connectivity index (χ4v) is 2.90. The maximum Gasteiger partial charge on any atom is 0.297 e. The van der Waals surface area contributed by atoms with E-state index in [0.29, 0.717) is 0 Å². The summed E-state index contributed by atoms with van der Waals surface area (Å²) in [6.45, 7) is 1.43. The molecule has 118 valence electrons. The van der Waals surface area contributed by atoms with Crippen molar-refractivity contribution >= 4 is 10.1 Å². The molecule has 0 spiro atoms. The van der Waals surface area contributed by atoms with Crippen molar-refractivity contribution < 1.29 is 32.3 Å². The second-order valence-electron chi connectivity index (χ2n) is 4.81. The molecule has 0 bridgehead atoms. The summed E-state index contributed by atoms with van der Waals surface area (Å²) in [6.07, 6.45) is -4.50. The molecule has 21 heavy (non-hydrogen) atoms. The molecule has 1 aromatic rings. The van der Waals surface area contributed by atoms with Crippen molar-refractivity contribution in [3.63, 3.8) is 0 Å². The second kappa shape index (κ2) is 6.39. The highest BCUT2D eigenvalue weighted by Crippen LogP contribution is 2.23. The van der Waals surface area contributed by atoms with Crippen LogP contribution in [0.4, 0.5) is 0 Å². The predicted octanol–water partition coefficient (Wildman–Crippen LogP) is -0.207. The average molecular weight is 318 g/mol. The highest BCUT2D eigenvalue weighted by molar-refractivity contribution is 7.86. The van der Waals surface area contributed by atoms with Gasteiger partial charge in [0, 0.05) is 7.11 Å². The Morgan fingerprint density at radius 3 is 2.33 bits per heavy atom. The fraction of sp³-hybridized carbons (Fsp3) is 0.538. The molecule has 0 radical (unpaired) electrons. The van der Waals surface area contributed by atoms with Gasteiger partial charge in [-0.2, -0.15) is 8.42 Å². The quantitative estimate of drug-likeness (QED) is 0.724. The third-order valence-electron chi connectivity index (χ3n) is 3.25. The molecule has 0 aromatic heterocycles. The van der Waals surface area contributed by atoms with Crippen LogP contribution < -0.4 is 0 Å². The van der Waals surface area contributed by atoms with Crippen LogP contribution in [-0.4, -0.2) is 56.9 Å². The lowest BCUT2D eigenvalue weighted by molar-refractivity contribution is -0.151. The third-order valence-corrected chi connectivity index (χ3v) is 4.54. The van der Waals surface area contributed by atoms with Crippen LogP contribution in [0.25, 0.3) is 0 Å². The zero-order valence-electron chi connectivity index (χ0n) is 11.7. The summed E-state index contributed by atoms with van der Waals surface area (Å²) >= 11 is 0. The summed E-state index contributed by atoms with van der Waals surface area (Å²) in [5.74, 6) is 0. The van der Waals surface area contributed by atoms with Gasteiger partial charge in [-0.15, -0.1) is 0 Å². The van der Waals surface area contributed by atoms with E-state index < -0.39 is 41.3 Å². The molecule has 1 saturated heterocycles. The maximum atomic E-state index is 12.0. The van der Waals surface area contributed by atoms with Crippen LogP contribution in [0, 0.1) is 6.92 Å². The van der Waals surface area contributed by atoms with Gasteiger partial charge in [0.05, 0.1) is 11.5 Å². The first-order chi connectivity index (χ1) is 9.85. The Morgan fingerprint density at radius 2 is 1.81 bits per heavy atom. The topological polar surface area (TPSA) is 102 Å². The van der Waals surface area contributed by atoms with Crippen LogP contribution in [0.2, 0.25) is 0 Å². The number of benzene rings is 1. The Labute approximate surface area is 123 Å². The molecular formula is C13H18O7S. The minimum absolute atomic E-state index is 0.0180. The van der Waals surface area contributed by atoms with Gasteiger partial charge in [0.15, 0.2) is 6.29 Å². The van der Waals surface area contributed by atoms with Crippen LogP contribution in [0.15, 0.2) is 29.2 Å². The summed E-state index contributed by atoms with van der Waals surface area (Å²) in [4.78, 5) is 0.0180. The monoisotopic (exact) mass is 318 g/mol. The van der Waals surface area contributed by atoms with Crippen molar-refractivity contribution in [2.24, 2.45) is 0 Å². The van der Waals surface area contributed by atoms with E-state index in [0.717, 1.165) is 5.56 Å². The summed E-state index contributed by atoms with van der Waals surface area (Å²) in [7, 11) is -2.63. The Bertz CT molecular complexity index is 569. The minimum Gasteiger partial charge on any atom is -0.387 e. The summed E-state index contributed by atoms with van der Waals surface area (Å²) in [6, 6.07) is 6.18. The van der Waals surface area contributed by atoms with E-state index in [1.54, 1.807) is 12.1 Å². The molecule has 7 nitrogen and oxygen atoms in total. The van der Waals surface area contributed by atoms with Crippen molar-refractivity contribution in [2.75, 3.05) is 13.7 Å². The molecule has 8 heteroatoms. The van der Waals surface area contributed by atoms with Gasteiger partial charge in [0.25, 0.3) is 10.1 Å². The molecule has 1 aliphatic heterocycles. The van der Waals surface area contributed by atoms with E-state index in [9.17, 15) is 18.6 Å². The van der Waals surface area contributed by atoms with Crippen molar-refractivity contribution in [2.45, 2.75) is 36.4 Å². The number of methoxy groups -OCH3 is 1. The molecular weight excluding hydrogens is 300 g/mol. The van der Waals surface area contributed by atoms with Gasteiger partial charge >= 0.3 is 0 Å². The molecule has 1 aromatic carbocycles. The third kappa shape index (κ3) is 3.60. The summed E-state index contributed by atoms with van der Waals surface area (Å²) in [5.41, 5.74) is 0.926. The number of ether oxygens (including phenoxy) is 2. The minimum atomic E-state index is -3.94. The van der Waals surface area contributed by atoms with E-state index >= 15 is 0 Å². The maximum absolute atomic E-state index is 12.0. The number of aryl methyl sites for hydroxylation is 1. The number of rotatable bonds is 5. The van der Waals surface area contributed by atoms with Crippen LogP contribution in [0.3, 0.4) is 0 Å².